The van der Waals surface area contributed by atoms with Gasteiger partial charge < -0.3 is 4.57 Å². The first-order chi connectivity index (χ1) is 9.75. The van der Waals surface area contributed by atoms with Crippen molar-refractivity contribution < 1.29 is 0 Å². The summed E-state index contributed by atoms with van der Waals surface area (Å²) in [6.07, 6.45) is 0. The van der Waals surface area contributed by atoms with Crippen molar-refractivity contribution in [2.45, 2.75) is 20.4 Å². The molecule has 0 spiro atoms. The van der Waals surface area contributed by atoms with Gasteiger partial charge in [-0.25, -0.2) is 4.98 Å². The second-order valence-corrected chi connectivity index (χ2v) is 5.40. The first-order valence-electron chi connectivity index (χ1n) is 6.97. The lowest BCUT2D eigenvalue weighted by atomic mass is 9.96. The Bertz CT molecular complexity index is 812. The summed E-state index contributed by atoms with van der Waals surface area (Å²) in [6, 6.07) is 17.2. The van der Waals surface area contributed by atoms with Crippen LogP contribution in [0.5, 0.6) is 0 Å². The third kappa shape index (κ3) is 1.48. The normalized spacial score (nSPS) is 12.3. The second kappa shape index (κ2) is 4.07. The fourth-order valence-electron chi connectivity index (χ4n) is 3.06. The van der Waals surface area contributed by atoms with Gasteiger partial charge in [-0.15, -0.1) is 0 Å². The molecule has 98 valence electrons. The summed E-state index contributed by atoms with van der Waals surface area (Å²) in [5, 5.41) is 0. The van der Waals surface area contributed by atoms with Crippen molar-refractivity contribution >= 4 is 0 Å². The molecule has 2 nitrogen and oxygen atoms in total. The SMILES string of the molecule is Cc1nc2n(c1C)Cc1ccccc1-c1ccccc1-2. The van der Waals surface area contributed by atoms with Crippen LogP contribution in [-0.2, 0) is 6.54 Å². The molecule has 0 fully saturated rings. The Kier molecular flexibility index (Phi) is 2.34. The molecule has 0 atom stereocenters. The maximum atomic E-state index is 4.80. The molecule has 0 saturated heterocycles. The number of aryl methyl sites for hydroxylation is 1. The molecule has 0 amide bonds. The largest absolute Gasteiger partial charge is 0.324 e. The minimum absolute atomic E-state index is 0.896. The van der Waals surface area contributed by atoms with E-state index in [9.17, 15) is 0 Å². The zero-order valence-electron chi connectivity index (χ0n) is 11.7. The lowest BCUT2D eigenvalue weighted by molar-refractivity contribution is 0.783. The number of rotatable bonds is 0. The molecule has 0 bridgehead atoms. The van der Waals surface area contributed by atoms with E-state index in [4.69, 9.17) is 4.98 Å². The van der Waals surface area contributed by atoms with E-state index in [1.54, 1.807) is 0 Å². The maximum absolute atomic E-state index is 4.80. The Labute approximate surface area is 118 Å². The lowest BCUT2D eigenvalue weighted by Crippen LogP contribution is -2.02. The summed E-state index contributed by atoms with van der Waals surface area (Å²) >= 11 is 0. The van der Waals surface area contributed by atoms with E-state index in [1.807, 2.05) is 0 Å². The molecular weight excluding hydrogens is 244 g/mol. The highest BCUT2D eigenvalue weighted by molar-refractivity contribution is 5.84. The van der Waals surface area contributed by atoms with Crippen LogP contribution in [0, 0.1) is 13.8 Å². The van der Waals surface area contributed by atoms with Crippen LogP contribution in [0.3, 0.4) is 0 Å². The standard InChI is InChI=1S/C18H16N2/c1-12-13(2)20-11-14-7-3-4-8-15(14)16-9-5-6-10-17(16)18(20)19-12/h3-10H,11H2,1-2H3. The zero-order valence-corrected chi connectivity index (χ0v) is 11.7. The summed E-state index contributed by atoms with van der Waals surface area (Å²) in [5.41, 5.74) is 7.58. The van der Waals surface area contributed by atoms with Crippen molar-refractivity contribution in [2.75, 3.05) is 0 Å². The summed E-state index contributed by atoms with van der Waals surface area (Å²) in [5.74, 6) is 1.09. The van der Waals surface area contributed by atoms with Crippen molar-refractivity contribution in [1.29, 1.82) is 0 Å². The van der Waals surface area contributed by atoms with Crippen LogP contribution >= 0.6 is 0 Å². The van der Waals surface area contributed by atoms with Crippen molar-refractivity contribution in [1.82, 2.24) is 9.55 Å². The van der Waals surface area contributed by atoms with Gasteiger partial charge in [-0.2, -0.15) is 0 Å². The Morgan fingerprint density at radius 2 is 1.50 bits per heavy atom. The molecule has 0 saturated carbocycles. The van der Waals surface area contributed by atoms with Gasteiger partial charge in [-0.05, 0) is 30.5 Å². The average molecular weight is 260 g/mol. The lowest BCUT2D eigenvalue weighted by Gasteiger charge is -2.08. The van der Waals surface area contributed by atoms with E-state index >= 15 is 0 Å². The van der Waals surface area contributed by atoms with Gasteiger partial charge in [-0.1, -0.05) is 48.5 Å². The van der Waals surface area contributed by atoms with Crippen molar-refractivity contribution in [3.05, 3.63) is 65.5 Å². The molecule has 2 heterocycles. The van der Waals surface area contributed by atoms with E-state index in [1.165, 1.54) is 27.9 Å². The first-order valence-corrected chi connectivity index (χ1v) is 6.97. The molecule has 4 rings (SSSR count). The Hall–Kier alpha value is -2.35. The summed E-state index contributed by atoms with van der Waals surface area (Å²) in [7, 11) is 0. The van der Waals surface area contributed by atoms with Gasteiger partial charge in [-0.3, -0.25) is 0 Å². The average Bonchev–Trinajstić information content (AvgIpc) is 2.69. The third-order valence-electron chi connectivity index (χ3n) is 4.26. The second-order valence-electron chi connectivity index (χ2n) is 5.40. The molecular formula is C18H16N2. The fraction of sp³-hybridized carbons (Fsp3) is 0.167. The molecule has 1 aliphatic rings. The predicted molar refractivity (Wildman–Crippen MR) is 81.7 cm³/mol. The molecule has 0 aliphatic carbocycles. The van der Waals surface area contributed by atoms with Gasteiger partial charge in [0.05, 0.1) is 5.69 Å². The van der Waals surface area contributed by atoms with Crippen LogP contribution in [0.15, 0.2) is 48.5 Å². The van der Waals surface area contributed by atoms with Gasteiger partial charge >= 0.3 is 0 Å². The highest BCUT2D eigenvalue weighted by Crippen LogP contribution is 2.37. The van der Waals surface area contributed by atoms with Crippen molar-refractivity contribution in [2.24, 2.45) is 0 Å². The van der Waals surface area contributed by atoms with Gasteiger partial charge in [0, 0.05) is 17.8 Å². The molecule has 2 aromatic carbocycles. The monoisotopic (exact) mass is 260 g/mol. The number of imidazole rings is 1. The molecule has 1 aromatic heterocycles. The van der Waals surface area contributed by atoms with E-state index in [-0.39, 0.29) is 0 Å². The topological polar surface area (TPSA) is 17.8 Å². The first kappa shape index (κ1) is 11.5. The molecule has 1 aliphatic heterocycles. The minimum Gasteiger partial charge on any atom is -0.324 e. The molecule has 20 heavy (non-hydrogen) atoms. The van der Waals surface area contributed by atoms with Gasteiger partial charge in [0.25, 0.3) is 0 Å². The minimum atomic E-state index is 0.896. The summed E-state index contributed by atoms with van der Waals surface area (Å²) < 4.78 is 2.33. The molecule has 0 radical (unpaired) electrons. The Morgan fingerprint density at radius 3 is 2.30 bits per heavy atom. The molecule has 3 aromatic rings. The fourth-order valence-corrected chi connectivity index (χ4v) is 3.06. The highest BCUT2D eigenvalue weighted by atomic mass is 15.1. The number of hydrogen-bond donors (Lipinski definition) is 0. The maximum Gasteiger partial charge on any atom is 0.141 e. The van der Waals surface area contributed by atoms with E-state index in [0.29, 0.717) is 0 Å². The number of benzene rings is 2. The number of nitrogens with zero attached hydrogens (tertiary/aromatic N) is 2. The number of hydrogen-bond acceptors (Lipinski definition) is 1. The van der Waals surface area contributed by atoms with Crippen LogP contribution in [-0.4, -0.2) is 9.55 Å². The van der Waals surface area contributed by atoms with Crippen LogP contribution in [0.25, 0.3) is 22.5 Å². The van der Waals surface area contributed by atoms with Gasteiger partial charge in [0.15, 0.2) is 0 Å². The van der Waals surface area contributed by atoms with Gasteiger partial charge in [0.1, 0.15) is 5.82 Å². The summed E-state index contributed by atoms with van der Waals surface area (Å²) in [6.45, 7) is 5.14. The molecule has 2 heteroatoms. The molecule has 0 N–H and O–H groups in total. The van der Waals surface area contributed by atoms with E-state index in [0.717, 1.165) is 18.1 Å². The van der Waals surface area contributed by atoms with Crippen LogP contribution in [0.1, 0.15) is 17.0 Å². The van der Waals surface area contributed by atoms with Crippen LogP contribution in [0.4, 0.5) is 0 Å². The molecule has 0 unspecified atom stereocenters. The van der Waals surface area contributed by atoms with E-state index in [2.05, 4.69) is 66.9 Å². The van der Waals surface area contributed by atoms with Crippen LogP contribution in [0.2, 0.25) is 0 Å². The van der Waals surface area contributed by atoms with E-state index < -0.39 is 0 Å². The highest BCUT2D eigenvalue weighted by Gasteiger charge is 2.21. The van der Waals surface area contributed by atoms with Gasteiger partial charge in [0.2, 0.25) is 0 Å². The zero-order chi connectivity index (χ0) is 13.7. The summed E-state index contributed by atoms with van der Waals surface area (Å²) in [4.78, 5) is 4.80. The number of fused-ring (bicyclic) bond motifs is 5. The Morgan fingerprint density at radius 1 is 0.850 bits per heavy atom. The quantitative estimate of drug-likeness (QED) is 0.463. The number of aromatic nitrogens is 2. The Balaban J connectivity index is 2.13. The predicted octanol–water partition coefficient (Wildman–Crippen LogP) is 4.20. The van der Waals surface area contributed by atoms with Crippen LogP contribution < -0.4 is 0 Å². The van der Waals surface area contributed by atoms with Crippen molar-refractivity contribution in [3.63, 3.8) is 0 Å². The van der Waals surface area contributed by atoms with Crippen molar-refractivity contribution in [3.8, 4) is 22.5 Å². The smallest absolute Gasteiger partial charge is 0.141 e. The third-order valence-corrected chi connectivity index (χ3v) is 4.26.